The van der Waals surface area contributed by atoms with Crippen molar-refractivity contribution in [1.82, 2.24) is 15.1 Å². The van der Waals surface area contributed by atoms with Crippen LogP contribution in [0.2, 0.25) is 0 Å². The van der Waals surface area contributed by atoms with Crippen LogP contribution >= 0.6 is 0 Å². The molecule has 0 aliphatic carbocycles. The van der Waals surface area contributed by atoms with Crippen molar-refractivity contribution >= 4 is 23.2 Å². The molecule has 0 aromatic heterocycles. The van der Waals surface area contributed by atoms with Crippen LogP contribution in [-0.4, -0.2) is 18.5 Å². The molecule has 2 atom stereocenters. The van der Waals surface area contributed by atoms with E-state index in [1.54, 1.807) is 12.1 Å². The lowest BCUT2D eigenvalue weighted by atomic mass is 10.2. The first-order valence-electron chi connectivity index (χ1n) is 6.93. The minimum absolute atomic E-state index is 0.0171. The molecule has 9 nitrogen and oxygen atoms in total. The zero-order chi connectivity index (χ0) is 16.4. The number of hydroxylamine groups is 1. The number of hydrogen-bond donors (Lipinski definition) is 2. The van der Waals surface area contributed by atoms with Gasteiger partial charge in [0.15, 0.2) is 0 Å². The van der Waals surface area contributed by atoms with Crippen LogP contribution in [0.3, 0.4) is 0 Å². The maximum Gasteiger partial charge on any atom is 0.382 e. The van der Waals surface area contributed by atoms with Crippen LogP contribution < -0.4 is 20.8 Å². The Morgan fingerprint density at radius 2 is 2.00 bits per heavy atom. The smallest absolute Gasteiger partial charge is 0.382 e. The summed E-state index contributed by atoms with van der Waals surface area (Å²) in [5, 5.41) is 29.3. The first-order chi connectivity index (χ1) is 10.3. The van der Waals surface area contributed by atoms with E-state index >= 15 is 0 Å². The molecule has 1 aromatic carbocycles. The number of carbonyl (C=O) groups excluding carboxylic acids is 1. The molecule has 1 amide bonds. The summed E-state index contributed by atoms with van der Waals surface area (Å²) in [4.78, 5) is 15.0. The summed E-state index contributed by atoms with van der Waals surface area (Å²) >= 11 is 0. The number of nitrogens with one attached hydrogen (secondary N) is 1. The van der Waals surface area contributed by atoms with E-state index < -0.39 is 21.5 Å². The van der Waals surface area contributed by atoms with Crippen molar-refractivity contribution in [2.75, 3.05) is 6.61 Å². The van der Waals surface area contributed by atoms with Gasteiger partial charge in [-0.05, 0) is 11.3 Å². The lowest BCUT2D eigenvalue weighted by Gasteiger charge is -2.44. The van der Waals surface area contributed by atoms with Crippen LogP contribution in [0, 0.1) is 10.4 Å². The highest BCUT2D eigenvalue weighted by Gasteiger charge is 2.46. The zero-order valence-corrected chi connectivity index (χ0v) is 12.5. The number of unbranched alkanes of at least 4 members (excludes halogenated alkanes) is 1. The van der Waals surface area contributed by atoms with E-state index in [0.717, 1.165) is 6.42 Å². The highest BCUT2D eigenvalue weighted by Crippen LogP contribution is 2.40. The molecule has 3 N–H and O–H groups in total. The number of para-hydroxylation sites is 1. The Hall–Kier alpha value is -2.04. The van der Waals surface area contributed by atoms with E-state index in [2.05, 4.69) is 10.5 Å². The topological polar surface area (TPSA) is 123 Å². The summed E-state index contributed by atoms with van der Waals surface area (Å²) in [5.74, 6) is -1.19. The van der Waals surface area contributed by atoms with Gasteiger partial charge in [0.05, 0.1) is 0 Å². The molecule has 22 heavy (non-hydrogen) atoms. The number of fused-ring (bicyclic) bond motifs is 1. The third-order valence-corrected chi connectivity index (χ3v) is 3.16. The molecule has 1 aliphatic rings. The molecule has 0 bridgehead atoms. The Bertz CT molecular complexity index is 608. The van der Waals surface area contributed by atoms with Gasteiger partial charge in [-0.25, -0.2) is 0 Å². The number of rotatable bonds is 5. The van der Waals surface area contributed by atoms with E-state index in [0.29, 0.717) is 6.42 Å². The Kier molecular flexibility index (Phi) is 4.44. The van der Waals surface area contributed by atoms with Gasteiger partial charge >= 0.3 is 5.96 Å². The Morgan fingerprint density at radius 3 is 2.59 bits per heavy atom. The molecule has 0 fully saturated rings. The average molecular weight is 309 g/mol. The standard InChI is InChI=1S/C13H19N5O4/c1-3-4-9-22-18(21)12-8-6-5-7-11(12)17(20,13(14)16-18)15-10(2)19/h5-8H,3-4,9H2,1-2H3,(H2,14,16)(H,15,19). The molecule has 0 radical (unpaired) electrons. The second-order valence-electron chi connectivity index (χ2n) is 4.93. The predicted molar refractivity (Wildman–Crippen MR) is 83.1 cm³/mol. The van der Waals surface area contributed by atoms with Crippen molar-refractivity contribution in [1.29, 1.82) is 0 Å². The Morgan fingerprint density at radius 1 is 1.36 bits per heavy atom. The van der Waals surface area contributed by atoms with Gasteiger partial charge in [0.25, 0.3) is 11.6 Å². The average Bonchev–Trinajstić information content (AvgIpc) is 2.45. The van der Waals surface area contributed by atoms with Gasteiger partial charge in [-0.1, -0.05) is 25.5 Å². The monoisotopic (exact) mass is 309 g/mol. The fraction of sp³-hybridized carbons (Fsp3) is 0.385. The molecule has 0 spiro atoms. The predicted octanol–water partition coefficient (Wildman–Crippen LogP) is 1.32. The van der Waals surface area contributed by atoms with Crippen LogP contribution in [-0.2, 0) is 9.63 Å². The second kappa shape index (κ2) is 5.99. The van der Waals surface area contributed by atoms with Crippen LogP contribution in [0.1, 0.15) is 26.7 Å². The molecule has 2 rings (SSSR count). The molecule has 0 saturated carbocycles. The number of quaternary nitrogens is 2. The molecule has 120 valence electrons. The van der Waals surface area contributed by atoms with Gasteiger partial charge < -0.3 is 16.1 Å². The largest absolute Gasteiger partial charge is 0.593 e. The molecule has 2 unspecified atom stereocenters. The van der Waals surface area contributed by atoms with E-state index in [9.17, 15) is 15.2 Å². The molecule has 1 aliphatic heterocycles. The van der Waals surface area contributed by atoms with Gasteiger partial charge in [-0.2, -0.15) is 10.3 Å². The van der Waals surface area contributed by atoms with E-state index in [1.165, 1.54) is 19.1 Å². The molecular formula is C13H19N5O4. The summed E-state index contributed by atoms with van der Waals surface area (Å²) in [6.45, 7) is 3.31. The summed E-state index contributed by atoms with van der Waals surface area (Å²) in [7, 11) is 0. The highest BCUT2D eigenvalue weighted by molar-refractivity contribution is 5.97. The minimum atomic E-state index is -1.52. The maximum absolute atomic E-state index is 12.8. The van der Waals surface area contributed by atoms with Gasteiger partial charge in [0, 0.05) is 24.2 Å². The van der Waals surface area contributed by atoms with E-state index in [4.69, 9.17) is 10.6 Å². The van der Waals surface area contributed by atoms with Crippen molar-refractivity contribution in [3.63, 3.8) is 0 Å². The number of carbonyl (C=O) groups is 1. The normalized spacial score (nSPS) is 27.0. The van der Waals surface area contributed by atoms with E-state index in [-0.39, 0.29) is 18.0 Å². The number of amides is 1. The maximum atomic E-state index is 12.8. The zero-order valence-electron chi connectivity index (χ0n) is 12.5. The molecule has 0 saturated heterocycles. The first kappa shape index (κ1) is 16.3. The summed E-state index contributed by atoms with van der Waals surface area (Å²) in [6, 6.07) is 5.99. The Balaban J connectivity index is 2.48. The second-order valence-corrected chi connectivity index (χ2v) is 4.93. The third-order valence-electron chi connectivity index (χ3n) is 3.16. The van der Waals surface area contributed by atoms with Gasteiger partial charge in [-0.3, -0.25) is 4.79 Å². The SMILES string of the molecule is CCCCO[N+]1([O-])N=C(N)[N+]([O-])(NC(C)=O)c2ccccc21. The number of guanidine groups is 1. The van der Waals surface area contributed by atoms with Crippen molar-refractivity contribution < 1.29 is 9.63 Å². The van der Waals surface area contributed by atoms with Crippen LogP contribution in [0.15, 0.2) is 29.4 Å². The van der Waals surface area contributed by atoms with Crippen molar-refractivity contribution in [2.45, 2.75) is 26.7 Å². The quantitative estimate of drug-likeness (QED) is 0.482. The summed E-state index contributed by atoms with van der Waals surface area (Å²) in [5.41, 5.74) is 7.76. The molecular weight excluding hydrogens is 290 g/mol. The fourth-order valence-electron chi connectivity index (χ4n) is 2.11. The van der Waals surface area contributed by atoms with Gasteiger partial charge in [0.2, 0.25) is 5.69 Å². The van der Waals surface area contributed by atoms with Crippen LogP contribution in [0.5, 0.6) is 0 Å². The lowest BCUT2D eigenvalue weighted by Crippen LogP contribution is -2.67. The van der Waals surface area contributed by atoms with Crippen molar-refractivity contribution in [3.8, 4) is 0 Å². The van der Waals surface area contributed by atoms with E-state index in [1.807, 2.05) is 6.92 Å². The minimum Gasteiger partial charge on any atom is -0.593 e. The van der Waals surface area contributed by atoms with Crippen molar-refractivity contribution in [3.05, 3.63) is 34.7 Å². The number of benzene rings is 1. The molecule has 1 heterocycles. The number of nitrogens with two attached hydrogens (primary N) is 1. The molecule has 1 aromatic rings. The van der Waals surface area contributed by atoms with Gasteiger partial charge in [0.1, 0.15) is 6.61 Å². The first-order valence-corrected chi connectivity index (χ1v) is 6.93. The van der Waals surface area contributed by atoms with Crippen LogP contribution in [0.4, 0.5) is 11.4 Å². The van der Waals surface area contributed by atoms with Crippen LogP contribution in [0.25, 0.3) is 0 Å². The number of nitrogens with zero attached hydrogens (tertiary/aromatic N) is 3. The summed E-state index contributed by atoms with van der Waals surface area (Å²) in [6.07, 6.45) is 1.51. The van der Waals surface area contributed by atoms with Crippen molar-refractivity contribution in [2.24, 2.45) is 10.8 Å². The number of hydrogen-bond acceptors (Lipinski definition) is 6. The summed E-state index contributed by atoms with van der Waals surface area (Å²) < 4.78 is -1.51. The lowest BCUT2D eigenvalue weighted by molar-refractivity contribution is -0.123. The molecule has 9 heteroatoms. The highest BCUT2D eigenvalue weighted by atomic mass is 17.0. The Labute approximate surface area is 127 Å². The third kappa shape index (κ3) is 2.80. The van der Waals surface area contributed by atoms with Gasteiger partial charge in [-0.15, -0.1) is 4.76 Å². The fourth-order valence-corrected chi connectivity index (χ4v) is 2.11.